The number of rotatable bonds is 0. The van der Waals surface area contributed by atoms with E-state index in [0.29, 0.717) is 42.1 Å². The maximum Gasteiger partial charge on any atom is 0.139 e. The van der Waals surface area contributed by atoms with Crippen LogP contribution in [0.1, 0.15) is 50.2 Å². The zero-order chi connectivity index (χ0) is 15.6. The number of phenols is 1. The lowest BCUT2D eigenvalue weighted by atomic mass is 9.52. The minimum atomic E-state index is -0.459. The molecule has 4 rings (SSSR count). The van der Waals surface area contributed by atoms with Gasteiger partial charge < -0.3 is 10.2 Å². The summed E-state index contributed by atoms with van der Waals surface area (Å²) < 4.78 is 0. The molecule has 22 heavy (non-hydrogen) atoms. The van der Waals surface area contributed by atoms with Gasteiger partial charge in [-0.2, -0.15) is 0 Å². The molecule has 3 heteroatoms. The molecule has 2 N–H and O–H groups in total. The summed E-state index contributed by atoms with van der Waals surface area (Å²) in [5, 5.41) is 20.6. The summed E-state index contributed by atoms with van der Waals surface area (Å²) in [5.74, 6) is 1.96. The maximum atomic E-state index is 12.4. The van der Waals surface area contributed by atoms with E-state index < -0.39 is 6.10 Å². The minimum Gasteiger partial charge on any atom is -0.508 e. The van der Waals surface area contributed by atoms with E-state index in [1.807, 2.05) is 12.1 Å². The van der Waals surface area contributed by atoms with Gasteiger partial charge in [0.1, 0.15) is 11.5 Å². The molecular formula is C19H24O3. The molecule has 0 saturated heterocycles. The van der Waals surface area contributed by atoms with Crippen LogP contribution in [-0.4, -0.2) is 22.1 Å². The number of hydrogen-bond donors (Lipinski definition) is 2. The molecule has 0 amide bonds. The second kappa shape index (κ2) is 4.58. The van der Waals surface area contributed by atoms with Crippen molar-refractivity contribution in [1.29, 1.82) is 0 Å². The van der Waals surface area contributed by atoms with Gasteiger partial charge in [0.2, 0.25) is 0 Å². The Morgan fingerprint density at radius 2 is 2.09 bits per heavy atom. The number of ketones is 1. The van der Waals surface area contributed by atoms with Crippen LogP contribution in [-0.2, 0) is 11.2 Å². The maximum absolute atomic E-state index is 12.4. The van der Waals surface area contributed by atoms with Crippen molar-refractivity contribution in [2.45, 2.75) is 51.6 Å². The SMILES string of the molecule is C[C@@H]1Cc2cc(O)ccc2[C@@H]2[C@@H]1[C@@H]1CCC(=O)[C@@]1(C)C[C@@H]2O. The van der Waals surface area contributed by atoms with E-state index in [-0.39, 0.29) is 11.3 Å². The van der Waals surface area contributed by atoms with Crippen LogP contribution in [0.5, 0.6) is 5.75 Å². The molecule has 3 aliphatic rings. The summed E-state index contributed by atoms with van der Waals surface area (Å²) in [5.41, 5.74) is 2.03. The van der Waals surface area contributed by atoms with E-state index in [2.05, 4.69) is 13.8 Å². The van der Waals surface area contributed by atoms with Gasteiger partial charge in [0.25, 0.3) is 0 Å². The predicted octanol–water partition coefficient (Wildman–Crippen LogP) is 3.03. The smallest absolute Gasteiger partial charge is 0.139 e. The van der Waals surface area contributed by atoms with Crippen molar-refractivity contribution in [3.05, 3.63) is 29.3 Å². The standard InChI is InChI=1S/C19H24O3/c1-10-7-11-8-12(20)3-4-13(11)18-15(21)9-19(2)14(17(10)18)5-6-16(19)22/h3-4,8,10,14-15,17-18,20-21H,5-7,9H2,1-2H3/t10-,14+,15+,17+,18+,19+/m1/s1. The van der Waals surface area contributed by atoms with Crippen LogP contribution in [0.25, 0.3) is 0 Å². The molecule has 6 atom stereocenters. The second-order valence-corrected chi connectivity index (χ2v) is 7.92. The Morgan fingerprint density at radius 3 is 2.86 bits per heavy atom. The van der Waals surface area contributed by atoms with Gasteiger partial charge in [-0.1, -0.05) is 19.9 Å². The molecule has 3 aliphatic carbocycles. The molecule has 0 aliphatic heterocycles. The highest BCUT2D eigenvalue weighted by atomic mass is 16.3. The van der Waals surface area contributed by atoms with Crippen LogP contribution in [0.2, 0.25) is 0 Å². The number of fused-ring (bicyclic) bond motifs is 5. The van der Waals surface area contributed by atoms with Crippen molar-refractivity contribution < 1.29 is 15.0 Å². The second-order valence-electron chi connectivity index (χ2n) is 7.92. The average Bonchev–Trinajstić information content (AvgIpc) is 2.74. The zero-order valence-electron chi connectivity index (χ0n) is 13.2. The summed E-state index contributed by atoms with van der Waals surface area (Å²) >= 11 is 0. The number of aliphatic hydroxyl groups is 1. The molecule has 0 unspecified atom stereocenters. The highest BCUT2D eigenvalue weighted by Crippen LogP contribution is 2.60. The number of phenolic OH excluding ortho intramolecular Hbond substituents is 1. The van der Waals surface area contributed by atoms with Crippen molar-refractivity contribution in [2.24, 2.45) is 23.2 Å². The van der Waals surface area contributed by atoms with Gasteiger partial charge >= 0.3 is 0 Å². The fourth-order valence-corrected chi connectivity index (χ4v) is 5.79. The number of aliphatic hydroxyl groups excluding tert-OH is 1. The van der Waals surface area contributed by atoms with Crippen LogP contribution < -0.4 is 0 Å². The summed E-state index contributed by atoms with van der Waals surface area (Å²) in [4.78, 5) is 12.4. The van der Waals surface area contributed by atoms with Crippen LogP contribution in [0.15, 0.2) is 18.2 Å². The Bertz CT molecular complexity index is 638. The molecule has 2 saturated carbocycles. The Labute approximate surface area is 131 Å². The summed E-state index contributed by atoms with van der Waals surface area (Å²) in [6.07, 6.45) is 2.70. The third-order valence-electron chi connectivity index (χ3n) is 6.75. The first-order valence-corrected chi connectivity index (χ1v) is 8.45. The highest BCUT2D eigenvalue weighted by molar-refractivity contribution is 5.87. The fourth-order valence-electron chi connectivity index (χ4n) is 5.79. The quantitative estimate of drug-likeness (QED) is 0.774. The highest BCUT2D eigenvalue weighted by Gasteiger charge is 2.59. The lowest BCUT2D eigenvalue weighted by Gasteiger charge is -2.53. The molecule has 0 radical (unpaired) electrons. The van der Waals surface area contributed by atoms with E-state index in [4.69, 9.17) is 0 Å². The number of hydrogen-bond acceptors (Lipinski definition) is 3. The molecule has 1 aromatic rings. The summed E-state index contributed by atoms with van der Waals surface area (Å²) in [6, 6.07) is 5.56. The van der Waals surface area contributed by atoms with Crippen LogP contribution >= 0.6 is 0 Å². The van der Waals surface area contributed by atoms with E-state index >= 15 is 0 Å². The normalized spacial score (nSPS) is 43.4. The fraction of sp³-hybridized carbons (Fsp3) is 0.632. The van der Waals surface area contributed by atoms with Gasteiger partial charge in [-0.05, 0) is 60.3 Å². The predicted molar refractivity (Wildman–Crippen MR) is 83.7 cm³/mol. The molecule has 3 nitrogen and oxygen atoms in total. The van der Waals surface area contributed by atoms with Crippen molar-refractivity contribution in [1.82, 2.24) is 0 Å². The number of Topliss-reactive ketones (excluding diaryl/α,β-unsaturated/α-hetero) is 1. The zero-order valence-corrected chi connectivity index (χ0v) is 13.2. The summed E-state index contributed by atoms with van der Waals surface area (Å²) in [6.45, 7) is 4.32. The monoisotopic (exact) mass is 300 g/mol. The van der Waals surface area contributed by atoms with Crippen LogP contribution in [0.4, 0.5) is 0 Å². The van der Waals surface area contributed by atoms with Gasteiger partial charge in [0.15, 0.2) is 0 Å². The molecule has 1 aromatic carbocycles. The Kier molecular flexibility index (Phi) is 2.96. The van der Waals surface area contributed by atoms with Crippen molar-refractivity contribution >= 4 is 5.78 Å². The molecular weight excluding hydrogens is 276 g/mol. The van der Waals surface area contributed by atoms with E-state index in [1.165, 1.54) is 11.1 Å². The van der Waals surface area contributed by atoms with Crippen molar-refractivity contribution in [2.75, 3.05) is 0 Å². The first kappa shape index (κ1) is 14.3. The third-order valence-corrected chi connectivity index (χ3v) is 6.75. The molecule has 0 heterocycles. The first-order chi connectivity index (χ1) is 10.4. The third kappa shape index (κ3) is 1.75. The molecule has 0 aromatic heterocycles. The lowest BCUT2D eigenvalue weighted by Crippen LogP contribution is -2.51. The van der Waals surface area contributed by atoms with Gasteiger partial charge in [-0.3, -0.25) is 4.79 Å². The Hall–Kier alpha value is -1.35. The largest absolute Gasteiger partial charge is 0.508 e. The minimum absolute atomic E-state index is 0.114. The van der Waals surface area contributed by atoms with Gasteiger partial charge in [0, 0.05) is 17.8 Å². The Balaban J connectivity index is 1.82. The van der Waals surface area contributed by atoms with E-state index in [0.717, 1.165) is 12.8 Å². The van der Waals surface area contributed by atoms with E-state index in [9.17, 15) is 15.0 Å². The molecule has 0 spiro atoms. The van der Waals surface area contributed by atoms with Crippen molar-refractivity contribution in [3.63, 3.8) is 0 Å². The molecule has 0 bridgehead atoms. The van der Waals surface area contributed by atoms with Crippen LogP contribution in [0, 0.1) is 23.2 Å². The van der Waals surface area contributed by atoms with Gasteiger partial charge in [-0.25, -0.2) is 0 Å². The molecule has 2 fully saturated rings. The van der Waals surface area contributed by atoms with Crippen LogP contribution in [0.3, 0.4) is 0 Å². The number of benzene rings is 1. The average molecular weight is 300 g/mol. The Morgan fingerprint density at radius 1 is 1.32 bits per heavy atom. The topological polar surface area (TPSA) is 57.5 Å². The van der Waals surface area contributed by atoms with Crippen molar-refractivity contribution in [3.8, 4) is 5.75 Å². The number of carbonyl (C=O) groups is 1. The number of aromatic hydroxyl groups is 1. The number of carbonyl (C=O) groups excluding carboxylic acids is 1. The summed E-state index contributed by atoms with van der Waals surface area (Å²) in [7, 11) is 0. The lowest BCUT2D eigenvalue weighted by molar-refractivity contribution is -0.135. The van der Waals surface area contributed by atoms with Gasteiger partial charge in [-0.15, -0.1) is 0 Å². The first-order valence-electron chi connectivity index (χ1n) is 8.45. The van der Waals surface area contributed by atoms with Gasteiger partial charge in [0.05, 0.1) is 6.10 Å². The van der Waals surface area contributed by atoms with E-state index in [1.54, 1.807) is 6.07 Å². The molecule has 118 valence electrons.